The summed E-state index contributed by atoms with van der Waals surface area (Å²) in [7, 11) is 0. The Kier molecular flexibility index (Phi) is 5.14. The molecule has 1 N–H and O–H groups in total. The number of amides is 1. The molecule has 1 aromatic heterocycles. The van der Waals surface area contributed by atoms with Gasteiger partial charge in [-0.15, -0.1) is 0 Å². The topological polar surface area (TPSA) is 46.9 Å². The molecule has 0 aliphatic carbocycles. The van der Waals surface area contributed by atoms with Crippen molar-refractivity contribution in [3.05, 3.63) is 47.7 Å². The molecule has 2 rings (SSSR count). The van der Waals surface area contributed by atoms with Crippen molar-refractivity contribution in [2.24, 2.45) is 0 Å². The molecule has 0 saturated heterocycles. The molecule has 2 aromatic rings. The summed E-state index contributed by atoms with van der Waals surface area (Å²) in [6, 6.07) is 10.5. The summed E-state index contributed by atoms with van der Waals surface area (Å²) in [4.78, 5) is 12.0. The number of carbonyl (C=O) groups is 1. The maximum Gasteiger partial charge on any atom is 0.225 e. The highest BCUT2D eigenvalue weighted by molar-refractivity contribution is 5.89. The van der Waals surface area contributed by atoms with Gasteiger partial charge in [-0.1, -0.05) is 31.2 Å². The molecule has 1 heterocycles. The van der Waals surface area contributed by atoms with Crippen LogP contribution < -0.4 is 5.32 Å². The molecule has 21 heavy (non-hydrogen) atoms. The van der Waals surface area contributed by atoms with Crippen molar-refractivity contribution >= 4 is 11.7 Å². The molecule has 0 unspecified atom stereocenters. The number of rotatable bonds is 6. The Labute approximate surface area is 126 Å². The van der Waals surface area contributed by atoms with Crippen LogP contribution in [0.3, 0.4) is 0 Å². The van der Waals surface area contributed by atoms with E-state index >= 15 is 0 Å². The molecule has 0 spiro atoms. The van der Waals surface area contributed by atoms with Gasteiger partial charge in [-0.25, -0.2) is 4.68 Å². The van der Waals surface area contributed by atoms with Gasteiger partial charge in [0, 0.05) is 18.5 Å². The molecule has 0 aliphatic heterocycles. The Bertz CT molecular complexity index is 584. The number of carbonyl (C=O) groups excluding carboxylic acids is 1. The molecule has 4 heteroatoms. The van der Waals surface area contributed by atoms with E-state index in [0.717, 1.165) is 18.7 Å². The van der Waals surface area contributed by atoms with Crippen LogP contribution in [-0.2, 0) is 17.6 Å². The highest BCUT2D eigenvalue weighted by Gasteiger charge is 2.09. The number of aromatic nitrogens is 2. The maximum absolute atomic E-state index is 12.0. The number of hydrogen-bond acceptors (Lipinski definition) is 2. The van der Waals surface area contributed by atoms with E-state index in [1.807, 2.05) is 24.6 Å². The van der Waals surface area contributed by atoms with E-state index in [-0.39, 0.29) is 11.9 Å². The lowest BCUT2D eigenvalue weighted by Gasteiger charge is -2.11. The summed E-state index contributed by atoms with van der Waals surface area (Å²) in [5.41, 5.74) is 2.52. The van der Waals surface area contributed by atoms with E-state index in [9.17, 15) is 4.79 Å². The minimum atomic E-state index is 0.0250. The van der Waals surface area contributed by atoms with Gasteiger partial charge in [0.2, 0.25) is 5.91 Å². The van der Waals surface area contributed by atoms with Gasteiger partial charge >= 0.3 is 0 Å². The number of hydrogen-bond donors (Lipinski definition) is 1. The predicted octanol–water partition coefficient (Wildman–Crippen LogP) is 3.60. The summed E-state index contributed by atoms with van der Waals surface area (Å²) in [5.74, 6) is 0.785. The van der Waals surface area contributed by atoms with Crippen LogP contribution in [-0.4, -0.2) is 15.7 Å². The van der Waals surface area contributed by atoms with Crippen LogP contribution >= 0.6 is 0 Å². The third kappa shape index (κ3) is 4.18. The number of nitrogens with one attached hydrogen (secondary N) is 1. The SMILES string of the molecule is CCc1ccc(CCC(=O)Nc2ccnn2C(C)C)cc1. The van der Waals surface area contributed by atoms with Gasteiger partial charge in [-0.2, -0.15) is 5.10 Å². The van der Waals surface area contributed by atoms with Gasteiger partial charge in [0.1, 0.15) is 5.82 Å². The Hall–Kier alpha value is -2.10. The molecule has 112 valence electrons. The maximum atomic E-state index is 12.0. The van der Waals surface area contributed by atoms with Crippen LogP contribution in [0.4, 0.5) is 5.82 Å². The normalized spacial score (nSPS) is 10.9. The lowest BCUT2D eigenvalue weighted by Crippen LogP contribution is -2.17. The zero-order valence-corrected chi connectivity index (χ0v) is 13.0. The fraction of sp³-hybridized carbons (Fsp3) is 0.412. The quantitative estimate of drug-likeness (QED) is 0.881. The first-order valence-electron chi connectivity index (χ1n) is 7.51. The molecule has 0 saturated carbocycles. The van der Waals surface area contributed by atoms with Crippen molar-refractivity contribution in [1.29, 1.82) is 0 Å². The molecule has 0 radical (unpaired) electrons. The van der Waals surface area contributed by atoms with Crippen molar-refractivity contribution in [3.8, 4) is 0 Å². The molecule has 0 bridgehead atoms. The third-order valence-electron chi connectivity index (χ3n) is 3.50. The molecule has 1 aromatic carbocycles. The summed E-state index contributed by atoms with van der Waals surface area (Å²) >= 11 is 0. The summed E-state index contributed by atoms with van der Waals surface area (Å²) in [6.07, 6.45) is 3.99. The average Bonchev–Trinajstić information content (AvgIpc) is 2.94. The zero-order chi connectivity index (χ0) is 15.2. The Balaban J connectivity index is 1.88. The van der Waals surface area contributed by atoms with Crippen LogP contribution in [0, 0.1) is 0 Å². The predicted molar refractivity (Wildman–Crippen MR) is 85.4 cm³/mol. The molecule has 1 amide bonds. The van der Waals surface area contributed by atoms with Crippen LogP contribution in [0.25, 0.3) is 0 Å². The van der Waals surface area contributed by atoms with Gasteiger partial charge < -0.3 is 5.32 Å². The Morgan fingerprint density at radius 1 is 1.19 bits per heavy atom. The number of aryl methyl sites for hydroxylation is 2. The fourth-order valence-corrected chi connectivity index (χ4v) is 2.23. The second-order valence-corrected chi connectivity index (χ2v) is 5.47. The van der Waals surface area contributed by atoms with E-state index in [4.69, 9.17) is 0 Å². The lowest BCUT2D eigenvalue weighted by molar-refractivity contribution is -0.116. The molecule has 0 atom stereocenters. The van der Waals surface area contributed by atoms with Crippen LogP contribution in [0.2, 0.25) is 0 Å². The fourth-order valence-electron chi connectivity index (χ4n) is 2.23. The third-order valence-corrected chi connectivity index (χ3v) is 3.50. The van der Waals surface area contributed by atoms with Crippen molar-refractivity contribution in [1.82, 2.24) is 9.78 Å². The van der Waals surface area contributed by atoms with Crippen molar-refractivity contribution < 1.29 is 4.79 Å². The first kappa shape index (κ1) is 15.3. The van der Waals surface area contributed by atoms with Crippen LogP contribution in [0.1, 0.15) is 44.4 Å². The standard InChI is InChI=1S/C17H23N3O/c1-4-14-5-7-15(8-6-14)9-10-17(21)19-16-11-12-18-20(16)13(2)3/h5-8,11-13H,4,9-10H2,1-3H3,(H,19,21). The largest absolute Gasteiger partial charge is 0.311 e. The van der Waals surface area contributed by atoms with E-state index in [2.05, 4.69) is 41.6 Å². The van der Waals surface area contributed by atoms with E-state index in [1.54, 1.807) is 6.20 Å². The highest BCUT2D eigenvalue weighted by atomic mass is 16.1. The minimum absolute atomic E-state index is 0.0250. The van der Waals surface area contributed by atoms with Crippen LogP contribution in [0.15, 0.2) is 36.5 Å². The smallest absolute Gasteiger partial charge is 0.225 e. The van der Waals surface area contributed by atoms with E-state index in [0.29, 0.717) is 6.42 Å². The number of nitrogens with zero attached hydrogens (tertiary/aromatic N) is 2. The summed E-state index contributed by atoms with van der Waals surface area (Å²) in [5, 5.41) is 7.13. The molecule has 4 nitrogen and oxygen atoms in total. The average molecular weight is 285 g/mol. The Morgan fingerprint density at radius 2 is 1.86 bits per heavy atom. The van der Waals surface area contributed by atoms with Gasteiger partial charge in [-0.3, -0.25) is 4.79 Å². The second-order valence-electron chi connectivity index (χ2n) is 5.47. The van der Waals surface area contributed by atoms with Crippen molar-refractivity contribution in [2.45, 2.75) is 46.1 Å². The van der Waals surface area contributed by atoms with E-state index < -0.39 is 0 Å². The molecule has 0 aliphatic rings. The van der Waals surface area contributed by atoms with E-state index in [1.165, 1.54) is 11.1 Å². The van der Waals surface area contributed by atoms with Gasteiger partial charge in [0.15, 0.2) is 0 Å². The highest BCUT2D eigenvalue weighted by Crippen LogP contribution is 2.14. The first-order valence-corrected chi connectivity index (χ1v) is 7.51. The summed E-state index contributed by atoms with van der Waals surface area (Å²) in [6.45, 7) is 6.22. The minimum Gasteiger partial charge on any atom is -0.311 e. The lowest BCUT2D eigenvalue weighted by atomic mass is 10.1. The molecular formula is C17H23N3O. The van der Waals surface area contributed by atoms with Crippen molar-refractivity contribution in [3.63, 3.8) is 0 Å². The van der Waals surface area contributed by atoms with Gasteiger partial charge in [0.05, 0.1) is 6.20 Å². The number of benzene rings is 1. The Morgan fingerprint density at radius 3 is 2.48 bits per heavy atom. The summed E-state index contributed by atoms with van der Waals surface area (Å²) < 4.78 is 1.81. The monoisotopic (exact) mass is 285 g/mol. The molecular weight excluding hydrogens is 262 g/mol. The van der Waals surface area contributed by atoms with Gasteiger partial charge in [-0.05, 0) is 37.8 Å². The van der Waals surface area contributed by atoms with Crippen molar-refractivity contribution in [2.75, 3.05) is 5.32 Å². The second kappa shape index (κ2) is 7.07. The number of anilines is 1. The first-order chi connectivity index (χ1) is 10.1. The van der Waals surface area contributed by atoms with Crippen LogP contribution in [0.5, 0.6) is 0 Å². The van der Waals surface area contributed by atoms with Gasteiger partial charge in [0.25, 0.3) is 0 Å². The zero-order valence-electron chi connectivity index (χ0n) is 13.0. The molecule has 0 fully saturated rings.